The fourth-order valence-corrected chi connectivity index (χ4v) is 2.53. The van der Waals surface area contributed by atoms with Gasteiger partial charge in [0.15, 0.2) is 11.0 Å². The van der Waals surface area contributed by atoms with Crippen molar-refractivity contribution in [3.8, 4) is 11.1 Å². The van der Waals surface area contributed by atoms with Crippen molar-refractivity contribution in [3.63, 3.8) is 0 Å². The molecule has 2 nitrogen and oxygen atoms in total. The topological polar surface area (TPSA) is 19.9 Å². The molecule has 0 radical (unpaired) electrons. The van der Waals surface area contributed by atoms with E-state index in [0.717, 1.165) is 11.2 Å². The normalized spacial score (nSPS) is 11.2. The highest BCUT2D eigenvalue weighted by molar-refractivity contribution is 5.74. The number of aromatic nitrogens is 2. The molecule has 0 aliphatic heterocycles. The third kappa shape index (κ3) is 1.61. The van der Waals surface area contributed by atoms with Gasteiger partial charge < -0.3 is 0 Å². The molecule has 0 fully saturated rings. The second kappa shape index (κ2) is 3.95. The van der Waals surface area contributed by atoms with Crippen LogP contribution in [0.5, 0.6) is 0 Å². The first-order chi connectivity index (χ1) is 9.42. The Labute approximate surface area is 111 Å². The number of para-hydroxylation sites is 2. The molecule has 2 aromatic carbocycles. The summed E-state index contributed by atoms with van der Waals surface area (Å²) in [5, 5.41) is 0. The fourth-order valence-electron chi connectivity index (χ4n) is 2.53. The summed E-state index contributed by atoms with van der Waals surface area (Å²) in [4.78, 5) is 3.42. The van der Waals surface area contributed by atoms with Crippen molar-refractivity contribution in [2.24, 2.45) is 0 Å². The van der Waals surface area contributed by atoms with Crippen molar-refractivity contribution < 1.29 is 4.40 Å². The van der Waals surface area contributed by atoms with Gasteiger partial charge in [0.2, 0.25) is 0 Å². The molecule has 0 bridgehead atoms. The zero-order chi connectivity index (χ0) is 12.7. The Morgan fingerprint density at radius 1 is 0.684 bits per heavy atom. The second-order valence-corrected chi connectivity index (χ2v) is 4.68. The molecular formula is C17H13N2+. The number of aromatic amines is 1. The molecule has 4 aromatic rings. The van der Waals surface area contributed by atoms with Crippen LogP contribution >= 0.6 is 0 Å². The number of rotatable bonds is 1. The molecule has 19 heavy (non-hydrogen) atoms. The van der Waals surface area contributed by atoms with E-state index in [0.29, 0.717) is 0 Å². The van der Waals surface area contributed by atoms with Crippen molar-refractivity contribution in [1.29, 1.82) is 0 Å². The first-order valence-electron chi connectivity index (χ1n) is 6.39. The summed E-state index contributed by atoms with van der Waals surface area (Å²) in [6.07, 6.45) is 2.18. The molecule has 0 amide bonds. The van der Waals surface area contributed by atoms with Crippen molar-refractivity contribution in [1.82, 2.24) is 4.98 Å². The van der Waals surface area contributed by atoms with E-state index < -0.39 is 0 Å². The SMILES string of the molecule is c1ccc(-c2ccc3[nH]c4ccccc4[n+]3c2)cc1. The Hall–Kier alpha value is -2.61. The lowest BCUT2D eigenvalue weighted by molar-refractivity contribution is -0.480. The Morgan fingerprint density at radius 3 is 2.37 bits per heavy atom. The number of pyridine rings is 1. The molecule has 4 rings (SSSR count). The third-order valence-corrected chi connectivity index (χ3v) is 3.48. The lowest BCUT2D eigenvalue weighted by Gasteiger charge is -1.99. The molecule has 0 atom stereocenters. The van der Waals surface area contributed by atoms with Gasteiger partial charge in [0.05, 0.1) is 0 Å². The van der Waals surface area contributed by atoms with E-state index in [-0.39, 0.29) is 0 Å². The molecule has 2 heterocycles. The highest BCUT2D eigenvalue weighted by Gasteiger charge is 2.11. The second-order valence-electron chi connectivity index (χ2n) is 4.68. The Morgan fingerprint density at radius 2 is 1.47 bits per heavy atom. The first kappa shape index (κ1) is 10.3. The van der Waals surface area contributed by atoms with E-state index in [1.807, 2.05) is 6.07 Å². The number of benzene rings is 2. The lowest BCUT2D eigenvalue weighted by Crippen LogP contribution is -2.19. The molecule has 0 saturated heterocycles. The number of nitrogens with one attached hydrogen (secondary N) is 1. The molecular weight excluding hydrogens is 232 g/mol. The van der Waals surface area contributed by atoms with Crippen molar-refractivity contribution in [2.45, 2.75) is 0 Å². The van der Waals surface area contributed by atoms with Crippen LogP contribution in [0.4, 0.5) is 0 Å². The minimum Gasteiger partial charge on any atom is -0.237 e. The van der Waals surface area contributed by atoms with Gasteiger partial charge in [-0.2, -0.15) is 4.40 Å². The van der Waals surface area contributed by atoms with Crippen molar-refractivity contribution >= 4 is 16.7 Å². The quantitative estimate of drug-likeness (QED) is 0.495. The van der Waals surface area contributed by atoms with Gasteiger partial charge in [-0.25, -0.2) is 4.98 Å². The van der Waals surface area contributed by atoms with Crippen LogP contribution in [-0.2, 0) is 0 Å². The Kier molecular flexibility index (Phi) is 2.15. The van der Waals surface area contributed by atoms with Crippen LogP contribution < -0.4 is 4.40 Å². The molecule has 2 heteroatoms. The molecule has 2 aromatic heterocycles. The van der Waals surface area contributed by atoms with E-state index in [1.165, 1.54) is 16.6 Å². The van der Waals surface area contributed by atoms with E-state index in [2.05, 4.69) is 76.2 Å². The van der Waals surface area contributed by atoms with Crippen molar-refractivity contribution in [3.05, 3.63) is 72.9 Å². The van der Waals surface area contributed by atoms with Crippen LogP contribution in [0.25, 0.3) is 27.8 Å². The molecule has 90 valence electrons. The molecule has 0 saturated carbocycles. The maximum Gasteiger partial charge on any atom is 0.284 e. The van der Waals surface area contributed by atoms with Crippen LogP contribution in [0.3, 0.4) is 0 Å². The van der Waals surface area contributed by atoms with Gasteiger partial charge in [-0.15, -0.1) is 0 Å². The number of imidazole rings is 1. The largest absolute Gasteiger partial charge is 0.284 e. The molecule has 1 N–H and O–H groups in total. The van der Waals surface area contributed by atoms with Gasteiger partial charge in [-0.1, -0.05) is 42.5 Å². The summed E-state index contributed by atoms with van der Waals surface area (Å²) < 4.78 is 2.21. The number of fused-ring (bicyclic) bond motifs is 3. The van der Waals surface area contributed by atoms with Gasteiger partial charge in [0.1, 0.15) is 6.20 Å². The Balaban J connectivity index is 2.03. The predicted octanol–water partition coefficient (Wildman–Crippen LogP) is 3.57. The van der Waals surface area contributed by atoms with Gasteiger partial charge >= 0.3 is 0 Å². The van der Waals surface area contributed by atoms with E-state index >= 15 is 0 Å². The summed E-state index contributed by atoms with van der Waals surface area (Å²) >= 11 is 0. The summed E-state index contributed by atoms with van der Waals surface area (Å²) in [6.45, 7) is 0. The van der Waals surface area contributed by atoms with Crippen molar-refractivity contribution in [2.75, 3.05) is 0 Å². The average molecular weight is 245 g/mol. The smallest absolute Gasteiger partial charge is 0.237 e. The standard InChI is InChI=1S/C17H12N2/c1-2-6-13(7-3-1)14-10-11-17-18-15-8-4-5-9-16(15)19(17)12-14/h1-12H/p+1. The third-order valence-electron chi connectivity index (χ3n) is 3.48. The fraction of sp³-hybridized carbons (Fsp3) is 0. The highest BCUT2D eigenvalue weighted by Crippen LogP contribution is 2.19. The average Bonchev–Trinajstić information content (AvgIpc) is 2.86. The van der Waals surface area contributed by atoms with E-state index in [1.54, 1.807) is 0 Å². The molecule has 0 aliphatic carbocycles. The van der Waals surface area contributed by atoms with Crippen LogP contribution in [0.2, 0.25) is 0 Å². The first-order valence-corrected chi connectivity index (χ1v) is 6.39. The van der Waals surface area contributed by atoms with Crippen LogP contribution in [0.15, 0.2) is 72.9 Å². The minimum absolute atomic E-state index is 1.11. The van der Waals surface area contributed by atoms with Crippen LogP contribution in [-0.4, -0.2) is 4.98 Å². The van der Waals surface area contributed by atoms with E-state index in [9.17, 15) is 0 Å². The summed E-state index contributed by atoms with van der Waals surface area (Å²) in [7, 11) is 0. The molecule has 0 spiro atoms. The Bertz CT molecular complexity index is 860. The maximum absolute atomic E-state index is 3.42. The maximum atomic E-state index is 3.42. The van der Waals surface area contributed by atoms with Gasteiger partial charge in [-0.05, 0) is 23.8 Å². The van der Waals surface area contributed by atoms with Crippen LogP contribution in [0.1, 0.15) is 0 Å². The van der Waals surface area contributed by atoms with Gasteiger partial charge in [-0.3, -0.25) is 0 Å². The summed E-state index contributed by atoms with van der Waals surface area (Å²) in [6, 6.07) is 23.1. The number of hydrogen-bond donors (Lipinski definition) is 1. The van der Waals surface area contributed by atoms with Gasteiger partial charge in [0.25, 0.3) is 5.65 Å². The molecule has 0 unspecified atom stereocenters. The summed E-state index contributed by atoms with van der Waals surface area (Å²) in [5.41, 5.74) is 5.94. The minimum atomic E-state index is 1.11. The number of nitrogens with zero attached hydrogens (tertiary/aromatic N) is 1. The predicted molar refractivity (Wildman–Crippen MR) is 76.9 cm³/mol. The highest BCUT2D eigenvalue weighted by atomic mass is 15.0. The molecule has 0 aliphatic rings. The monoisotopic (exact) mass is 245 g/mol. The zero-order valence-corrected chi connectivity index (χ0v) is 10.4. The lowest BCUT2D eigenvalue weighted by atomic mass is 10.1. The number of hydrogen-bond acceptors (Lipinski definition) is 0. The van der Waals surface area contributed by atoms with Gasteiger partial charge in [0, 0.05) is 11.6 Å². The zero-order valence-electron chi connectivity index (χ0n) is 10.4. The summed E-state index contributed by atoms with van der Waals surface area (Å²) in [5.74, 6) is 0. The number of H-pyrrole nitrogens is 1. The van der Waals surface area contributed by atoms with E-state index in [4.69, 9.17) is 0 Å². The van der Waals surface area contributed by atoms with Crippen LogP contribution in [0, 0.1) is 0 Å².